The van der Waals surface area contributed by atoms with Crippen LogP contribution in [-0.4, -0.2) is 15.0 Å². The second-order valence-corrected chi connectivity index (χ2v) is 5.30. The number of unbranched alkanes of at least 4 members (excludes halogenated alkanes) is 1. The van der Waals surface area contributed by atoms with E-state index in [1.807, 2.05) is 0 Å². The van der Waals surface area contributed by atoms with Gasteiger partial charge in [0.05, 0.1) is 6.61 Å². The number of hydrogen-bond acceptors (Lipinski definition) is 3. The topological polar surface area (TPSA) is 69.4 Å². The number of ether oxygens (including phenoxy) is 1. The SMILES string of the molecule is C=CCCCOc1ccc(C)cc1S(N)(=O)=O. The lowest BCUT2D eigenvalue weighted by molar-refractivity contribution is 0.304. The monoisotopic (exact) mass is 255 g/mol. The highest BCUT2D eigenvalue weighted by molar-refractivity contribution is 7.89. The van der Waals surface area contributed by atoms with Crippen molar-refractivity contribution in [3.05, 3.63) is 36.4 Å². The molecule has 0 aliphatic rings. The fourth-order valence-electron chi connectivity index (χ4n) is 1.37. The third kappa shape index (κ3) is 4.20. The molecule has 0 unspecified atom stereocenters. The summed E-state index contributed by atoms with van der Waals surface area (Å²) in [5.41, 5.74) is 0.826. The summed E-state index contributed by atoms with van der Waals surface area (Å²) in [5.74, 6) is 0.308. The molecule has 0 heterocycles. The van der Waals surface area contributed by atoms with Crippen LogP contribution in [0.2, 0.25) is 0 Å². The maximum atomic E-state index is 11.4. The van der Waals surface area contributed by atoms with Crippen molar-refractivity contribution in [1.29, 1.82) is 0 Å². The predicted octanol–water partition coefficient (Wildman–Crippen LogP) is 1.99. The Balaban J connectivity index is 2.88. The molecule has 0 atom stereocenters. The van der Waals surface area contributed by atoms with E-state index in [2.05, 4.69) is 6.58 Å². The number of primary sulfonamides is 1. The Bertz CT molecular complexity index is 494. The molecular formula is C12H17NO3S. The summed E-state index contributed by atoms with van der Waals surface area (Å²) in [6, 6.07) is 4.93. The standard InChI is InChI=1S/C12H17NO3S/c1-3-4-5-8-16-11-7-6-10(2)9-12(11)17(13,14)15/h3,6-7,9H,1,4-5,8H2,2H3,(H2,13,14,15). The van der Waals surface area contributed by atoms with Gasteiger partial charge in [0.25, 0.3) is 0 Å². The second-order valence-electron chi connectivity index (χ2n) is 3.77. The molecule has 5 heteroatoms. The molecule has 1 aromatic rings. The highest BCUT2D eigenvalue weighted by atomic mass is 32.2. The molecule has 0 radical (unpaired) electrons. The number of rotatable bonds is 6. The van der Waals surface area contributed by atoms with Crippen LogP contribution >= 0.6 is 0 Å². The maximum Gasteiger partial charge on any atom is 0.241 e. The maximum absolute atomic E-state index is 11.4. The molecule has 0 saturated heterocycles. The van der Waals surface area contributed by atoms with E-state index in [0.717, 1.165) is 18.4 Å². The van der Waals surface area contributed by atoms with E-state index in [1.54, 1.807) is 25.1 Å². The quantitative estimate of drug-likeness (QED) is 0.624. The van der Waals surface area contributed by atoms with E-state index < -0.39 is 10.0 Å². The molecule has 94 valence electrons. The number of nitrogens with two attached hydrogens (primary N) is 1. The average Bonchev–Trinajstić information content (AvgIpc) is 2.25. The molecule has 0 saturated carbocycles. The van der Waals surface area contributed by atoms with Gasteiger partial charge in [-0.3, -0.25) is 0 Å². The van der Waals surface area contributed by atoms with Crippen LogP contribution in [0.1, 0.15) is 18.4 Å². The van der Waals surface area contributed by atoms with E-state index in [4.69, 9.17) is 9.88 Å². The van der Waals surface area contributed by atoms with Crippen molar-refractivity contribution in [3.8, 4) is 5.75 Å². The molecule has 0 bridgehead atoms. The van der Waals surface area contributed by atoms with E-state index in [-0.39, 0.29) is 4.90 Å². The fraction of sp³-hybridized carbons (Fsp3) is 0.333. The van der Waals surface area contributed by atoms with Gasteiger partial charge in [-0.25, -0.2) is 13.6 Å². The molecule has 1 rings (SSSR count). The number of aryl methyl sites for hydroxylation is 1. The van der Waals surface area contributed by atoms with Crippen molar-refractivity contribution < 1.29 is 13.2 Å². The lowest BCUT2D eigenvalue weighted by atomic mass is 10.2. The Hall–Kier alpha value is -1.33. The van der Waals surface area contributed by atoms with Crippen LogP contribution in [0.3, 0.4) is 0 Å². The summed E-state index contributed by atoms with van der Waals surface area (Å²) in [7, 11) is -3.74. The largest absolute Gasteiger partial charge is 0.492 e. The molecule has 0 aliphatic heterocycles. The highest BCUT2D eigenvalue weighted by Crippen LogP contribution is 2.24. The lowest BCUT2D eigenvalue weighted by Crippen LogP contribution is -2.14. The van der Waals surface area contributed by atoms with Gasteiger partial charge in [-0.1, -0.05) is 12.1 Å². The van der Waals surface area contributed by atoms with Gasteiger partial charge in [-0.15, -0.1) is 6.58 Å². The van der Waals surface area contributed by atoms with Gasteiger partial charge in [-0.05, 0) is 37.5 Å². The van der Waals surface area contributed by atoms with Crippen LogP contribution in [0.4, 0.5) is 0 Å². The minimum atomic E-state index is -3.74. The van der Waals surface area contributed by atoms with Crippen molar-refractivity contribution >= 4 is 10.0 Å². The van der Waals surface area contributed by atoms with Crippen molar-refractivity contribution in [1.82, 2.24) is 0 Å². The molecule has 0 aliphatic carbocycles. The zero-order valence-electron chi connectivity index (χ0n) is 9.85. The van der Waals surface area contributed by atoms with Crippen LogP contribution in [0, 0.1) is 6.92 Å². The predicted molar refractivity (Wildman–Crippen MR) is 67.5 cm³/mol. The van der Waals surface area contributed by atoms with E-state index in [9.17, 15) is 8.42 Å². The van der Waals surface area contributed by atoms with E-state index in [0.29, 0.717) is 12.4 Å². The molecule has 0 spiro atoms. The van der Waals surface area contributed by atoms with Gasteiger partial charge in [0.1, 0.15) is 10.6 Å². The Morgan fingerprint density at radius 1 is 1.47 bits per heavy atom. The smallest absolute Gasteiger partial charge is 0.241 e. The molecule has 0 amide bonds. The zero-order chi connectivity index (χ0) is 12.9. The molecule has 2 N–H and O–H groups in total. The summed E-state index contributed by atoms with van der Waals surface area (Å²) in [4.78, 5) is 0.0381. The minimum Gasteiger partial charge on any atom is -0.492 e. The van der Waals surface area contributed by atoms with E-state index >= 15 is 0 Å². The van der Waals surface area contributed by atoms with Gasteiger partial charge >= 0.3 is 0 Å². The normalized spacial score (nSPS) is 11.2. The number of allylic oxidation sites excluding steroid dienone is 1. The first-order valence-electron chi connectivity index (χ1n) is 5.32. The summed E-state index contributed by atoms with van der Waals surface area (Å²) in [6.07, 6.45) is 3.41. The van der Waals surface area contributed by atoms with Crippen LogP contribution in [-0.2, 0) is 10.0 Å². The zero-order valence-corrected chi connectivity index (χ0v) is 10.7. The van der Waals surface area contributed by atoms with Crippen molar-refractivity contribution in [2.75, 3.05) is 6.61 Å². The molecule has 4 nitrogen and oxygen atoms in total. The third-order valence-corrected chi connectivity index (χ3v) is 3.15. The fourth-order valence-corrected chi connectivity index (χ4v) is 2.12. The third-order valence-electron chi connectivity index (χ3n) is 2.22. The minimum absolute atomic E-state index is 0.0381. The molecule has 0 aromatic heterocycles. The Morgan fingerprint density at radius 3 is 2.76 bits per heavy atom. The number of sulfonamides is 1. The first kappa shape index (κ1) is 13.7. The van der Waals surface area contributed by atoms with Gasteiger partial charge in [0.2, 0.25) is 10.0 Å². The van der Waals surface area contributed by atoms with Crippen LogP contribution in [0.15, 0.2) is 35.7 Å². The Morgan fingerprint density at radius 2 is 2.18 bits per heavy atom. The average molecular weight is 255 g/mol. The summed E-state index contributed by atoms with van der Waals surface area (Å²) in [6.45, 7) is 5.85. The Labute approximate surface area is 102 Å². The van der Waals surface area contributed by atoms with Crippen LogP contribution < -0.4 is 9.88 Å². The van der Waals surface area contributed by atoms with Crippen molar-refractivity contribution in [2.45, 2.75) is 24.7 Å². The Kier molecular flexibility index (Phi) is 4.72. The highest BCUT2D eigenvalue weighted by Gasteiger charge is 2.15. The van der Waals surface area contributed by atoms with Gasteiger partial charge in [0.15, 0.2) is 0 Å². The summed E-state index contributed by atoms with van der Waals surface area (Å²) < 4.78 is 28.2. The first-order chi connectivity index (χ1) is 7.95. The second kappa shape index (κ2) is 5.84. The van der Waals surface area contributed by atoms with Crippen molar-refractivity contribution in [3.63, 3.8) is 0 Å². The number of hydrogen-bond donors (Lipinski definition) is 1. The molecule has 17 heavy (non-hydrogen) atoms. The van der Waals surface area contributed by atoms with Crippen LogP contribution in [0.25, 0.3) is 0 Å². The number of benzene rings is 1. The van der Waals surface area contributed by atoms with Crippen LogP contribution in [0.5, 0.6) is 5.75 Å². The molecule has 0 fully saturated rings. The lowest BCUT2D eigenvalue weighted by Gasteiger charge is -2.10. The van der Waals surface area contributed by atoms with E-state index in [1.165, 1.54) is 6.07 Å². The first-order valence-corrected chi connectivity index (χ1v) is 6.87. The summed E-state index contributed by atoms with van der Waals surface area (Å²) >= 11 is 0. The van der Waals surface area contributed by atoms with Gasteiger partial charge in [0, 0.05) is 0 Å². The molecule has 1 aromatic carbocycles. The summed E-state index contributed by atoms with van der Waals surface area (Å²) in [5, 5.41) is 5.13. The van der Waals surface area contributed by atoms with Gasteiger partial charge in [-0.2, -0.15) is 0 Å². The molecular weight excluding hydrogens is 238 g/mol. The van der Waals surface area contributed by atoms with Gasteiger partial charge < -0.3 is 4.74 Å². The van der Waals surface area contributed by atoms with Crippen molar-refractivity contribution in [2.24, 2.45) is 5.14 Å².